The number of benzene rings is 3. The van der Waals surface area contributed by atoms with Crippen LogP contribution < -0.4 is 10.1 Å². The number of halogens is 2. The van der Waals surface area contributed by atoms with E-state index in [4.69, 9.17) is 9.84 Å². The summed E-state index contributed by atoms with van der Waals surface area (Å²) in [5, 5.41) is 22.4. The summed E-state index contributed by atoms with van der Waals surface area (Å²) in [6.07, 6.45) is 1.23. The van der Waals surface area contributed by atoms with Crippen LogP contribution in [-0.4, -0.2) is 44.7 Å². The van der Waals surface area contributed by atoms with E-state index in [0.717, 1.165) is 12.1 Å². The number of fused-ring (bicyclic) bond motifs is 1. The number of hydrogen-bond acceptors (Lipinski definition) is 6. The number of nitrogens with zero attached hydrogens (tertiary/aromatic N) is 2. The normalized spacial score (nSPS) is 11.0. The topological polar surface area (TPSA) is 122 Å². The molecule has 0 aliphatic heterocycles. The maximum atomic E-state index is 13.8. The number of carbonyl (C=O) groups excluding carboxylic acids is 1. The van der Waals surface area contributed by atoms with Gasteiger partial charge in [-0.25, -0.2) is 13.8 Å². The van der Waals surface area contributed by atoms with Crippen LogP contribution in [0.2, 0.25) is 0 Å². The van der Waals surface area contributed by atoms with Crippen LogP contribution in [-0.2, 0) is 4.79 Å². The van der Waals surface area contributed by atoms with Crippen molar-refractivity contribution in [2.24, 2.45) is 0 Å². The van der Waals surface area contributed by atoms with E-state index >= 15 is 0 Å². The van der Waals surface area contributed by atoms with Crippen LogP contribution in [0.4, 0.5) is 8.78 Å². The molecule has 4 rings (SSSR count). The number of aromatic hydroxyl groups is 1. The number of carbonyl (C=O) groups is 2. The quantitative estimate of drug-likeness (QED) is 0.345. The largest absolute Gasteiger partial charge is 0.506 e. The van der Waals surface area contributed by atoms with E-state index in [2.05, 4.69) is 15.3 Å². The second-order valence-electron chi connectivity index (χ2n) is 8.17. The van der Waals surface area contributed by atoms with E-state index < -0.39 is 35.8 Å². The zero-order valence-corrected chi connectivity index (χ0v) is 19.3. The molecule has 0 unspecified atom stereocenters. The number of ether oxygens (including phenoxy) is 1. The van der Waals surface area contributed by atoms with Gasteiger partial charge in [0.2, 0.25) is 0 Å². The van der Waals surface area contributed by atoms with Crippen molar-refractivity contribution in [3.63, 3.8) is 0 Å². The molecule has 1 amide bonds. The average molecular weight is 493 g/mol. The minimum Gasteiger partial charge on any atom is -0.506 e. The van der Waals surface area contributed by atoms with E-state index in [0.29, 0.717) is 11.3 Å². The summed E-state index contributed by atoms with van der Waals surface area (Å²) in [7, 11) is 0. The van der Waals surface area contributed by atoms with Crippen molar-refractivity contribution in [1.29, 1.82) is 0 Å². The van der Waals surface area contributed by atoms with E-state index in [1.54, 1.807) is 24.3 Å². The second-order valence-corrected chi connectivity index (χ2v) is 8.17. The molecule has 0 atom stereocenters. The third kappa shape index (κ3) is 5.07. The molecule has 0 bridgehead atoms. The van der Waals surface area contributed by atoms with Gasteiger partial charge in [-0.3, -0.25) is 14.6 Å². The van der Waals surface area contributed by atoms with Crippen LogP contribution in [0.3, 0.4) is 0 Å². The van der Waals surface area contributed by atoms with Crippen molar-refractivity contribution in [3.05, 3.63) is 71.9 Å². The number of rotatable bonds is 7. The number of carboxylic acids is 1. The Morgan fingerprint density at radius 1 is 1.06 bits per heavy atom. The lowest BCUT2D eigenvalue weighted by Crippen LogP contribution is -2.29. The van der Waals surface area contributed by atoms with Gasteiger partial charge in [0.05, 0.1) is 23.5 Å². The van der Waals surface area contributed by atoms with E-state index in [1.807, 2.05) is 13.8 Å². The third-order valence-corrected chi connectivity index (χ3v) is 5.17. The van der Waals surface area contributed by atoms with Gasteiger partial charge in [0.1, 0.15) is 29.1 Å². The number of hydrogen-bond donors (Lipinski definition) is 3. The van der Waals surface area contributed by atoms with Gasteiger partial charge in [0, 0.05) is 11.1 Å². The first-order chi connectivity index (χ1) is 17.1. The van der Waals surface area contributed by atoms with Gasteiger partial charge in [0.25, 0.3) is 5.91 Å². The van der Waals surface area contributed by atoms with Gasteiger partial charge >= 0.3 is 5.97 Å². The Bertz CT molecular complexity index is 1490. The molecule has 4 aromatic rings. The molecule has 1 heterocycles. The number of aromatic nitrogens is 2. The molecule has 3 N–H and O–H groups in total. The molecule has 10 heteroatoms. The SMILES string of the molecule is CC(C)Oc1cccc(-c2cc3ncc(-c4ccc(F)c(F)c4)nc3c(C(=O)NCC(=O)O)c2O)c1. The standard InChI is InChI=1S/C26H21F2N3O5/c1-13(2)36-16-5-3-4-14(8-16)17-10-20-24(23(25(17)34)26(35)30-12-22(32)33)31-21(11-29-20)15-6-7-18(27)19(28)9-15/h3-11,13,34H,12H2,1-2H3,(H,30,35)(H,32,33). The van der Waals surface area contributed by atoms with Crippen molar-refractivity contribution in [2.45, 2.75) is 20.0 Å². The van der Waals surface area contributed by atoms with Crippen LogP contribution in [0.5, 0.6) is 11.5 Å². The molecule has 184 valence electrons. The van der Waals surface area contributed by atoms with Crippen LogP contribution in [0, 0.1) is 11.6 Å². The lowest BCUT2D eigenvalue weighted by atomic mass is 9.98. The second kappa shape index (κ2) is 9.95. The molecule has 3 aromatic carbocycles. The molecule has 0 spiro atoms. The molecule has 0 aliphatic carbocycles. The monoisotopic (exact) mass is 493 g/mol. The minimum atomic E-state index is -1.28. The molecule has 1 aromatic heterocycles. The summed E-state index contributed by atoms with van der Waals surface area (Å²) in [5.74, 6) is -4.21. The first-order valence-corrected chi connectivity index (χ1v) is 10.9. The Morgan fingerprint density at radius 2 is 1.83 bits per heavy atom. The van der Waals surface area contributed by atoms with E-state index in [-0.39, 0.29) is 39.5 Å². The summed E-state index contributed by atoms with van der Waals surface area (Å²) in [6.45, 7) is 3.04. The number of amides is 1. The van der Waals surface area contributed by atoms with Crippen molar-refractivity contribution in [1.82, 2.24) is 15.3 Å². The lowest BCUT2D eigenvalue weighted by Gasteiger charge is -2.15. The summed E-state index contributed by atoms with van der Waals surface area (Å²) in [6, 6.07) is 11.5. The summed E-state index contributed by atoms with van der Waals surface area (Å²) >= 11 is 0. The first kappa shape index (κ1) is 24.5. The fraction of sp³-hybridized carbons (Fsp3) is 0.154. The fourth-order valence-electron chi connectivity index (χ4n) is 3.62. The van der Waals surface area contributed by atoms with Gasteiger partial charge in [-0.1, -0.05) is 12.1 Å². The van der Waals surface area contributed by atoms with Gasteiger partial charge in [-0.05, 0) is 55.8 Å². The fourth-order valence-corrected chi connectivity index (χ4v) is 3.62. The number of carboxylic acid groups (broad SMARTS) is 1. The Labute approximate surface area is 204 Å². The van der Waals surface area contributed by atoms with Gasteiger partial charge in [-0.15, -0.1) is 0 Å². The van der Waals surface area contributed by atoms with Crippen molar-refractivity contribution < 1.29 is 33.3 Å². The molecular formula is C26H21F2N3O5. The highest BCUT2D eigenvalue weighted by molar-refractivity contribution is 6.10. The highest BCUT2D eigenvalue weighted by atomic mass is 19.2. The van der Waals surface area contributed by atoms with Gasteiger partial charge < -0.3 is 20.3 Å². The third-order valence-electron chi connectivity index (χ3n) is 5.17. The van der Waals surface area contributed by atoms with E-state index in [1.165, 1.54) is 18.3 Å². The Hall–Kier alpha value is -4.60. The van der Waals surface area contributed by atoms with Crippen molar-refractivity contribution in [3.8, 4) is 33.9 Å². The molecule has 0 aliphatic rings. The molecule has 36 heavy (non-hydrogen) atoms. The number of nitrogens with one attached hydrogen (secondary N) is 1. The number of aliphatic carboxylic acids is 1. The highest BCUT2D eigenvalue weighted by Gasteiger charge is 2.23. The first-order valence-electron chi connectivity index (χ1n) is 10.9. The Balaban J connectivity index is 1.92. The molecule has 0 saturated carbocycles. The van der Waals surface area contributed by atoms with Crippen LogP contribution >= 0.6 is 0 Å². The van der Waals surface area contributed by atoms with Crippen LogP contribution in [0.25, 0.3) is 33.4 Å². The summed E-state index contributed by atoms with van der Waals surface area (Å²) in [5.41, 5.74) is 0.936. The van der Waals surface area contributed by atoms with Crippen LogP contribution in [0.1, 0.15) is 24.2 Å². The average Bonchev–Trinajstić information content (AvgIpc) is 2.83. The van der Waals surface area contributed by atoms with Crippen molar-refractivity contribution >= 4 is 22.9 Å². The predicted octanol–water partition coefficient (Wildman–Crippen LogP) is 4.55. The smallest absolute Gasteiger partial charge is 0.322 e. The molecule has 8 nitrogen and oxygen atoms in total. The van der Waals surface area contributed by atoms with Gasteiger partial charge in [-0.2, -0.15) is 0 Å². The van der Waals surface area contributed by atoms with Crippen LogP contribution in [0.15, 0.2) is 54.7 Å². The Morgan fingerprint density at radius 3 is 2.53 bits per heavy atom. The number of phenolic OH excluding ortho intramolecular Hbond substituents is 1. The summed E-state index contributed by atoms with van der Waals surface area (Å²) in [4.78, 5) is 32.7. The molecule has 0 radical (unpaired) electrons. The minimum absolute atomic E-state index is 0.0454. The van der Waals surface area contributed by atoms with E-state index in [9.17, 15) is 23.5 Å². The molecular weight excluding hydrogens is 472 g/mol. The maximum Gasteiger partial charge on any atom is 0.322 e. The van der Waals surface area contributed by atoms with Gasteiger partial charge in [0.15, 0.2) is 11.6 Å². The molecule has 0 saturated heterocycles. The number of phenols is 1. The molecule has 0 fully saturated rings. The maximum absolute atomic E-state index is 13.8. The zero-order valence-electron chi connectivity index (χ0n) is 19.3. The predicted molar refractivity (Wildman–Crippen MR) is 128 cm³/mol. The lowest BCUT2D eigenvalue weighted by molar-refractivity contribution is -0.135. The van der Waals surface area contributed by atoms with Crippen molar-refractivity contribution in [2.75, 3.05) is 6.54 Å². The Kier molecular flexibility index (Phi) is 6.77. The zero-order chi connectivity index (χ0) is 26.0. The summed E-state index contributed by atoms with van der Waals surface area (Å²) < 4.78 is 32.9. The highest BCUT2D eigenvalue weighted by Crippen LogP contribution is 2.38.